The average molecular weight is 304 g/mol. The van der Waals surface area contributed by atoms with Crippen LogP contribution in [0.1, 0.15) is 0 Å². The van der Waals surface area contributed by atoms with Gasteiger partial charge in [0.2, 0.25) is 5.91 Å². The first-order valence-electron chi connectivity index (χ1n) is 6.23. The zero-order valence-corrected chi connectivity index (χ0v) is 11.9. The van der Waals surface area contributed by atoms with Gasteiger partial charge in [0, 0.05) is 16.4 Å². The number of nitrogens with zero attached hydrogens (tertiary/aromatic N) is 1. The van der Waals surface area contributed by atoms with Gasteiger partial charge in [0.05, 0.1) is 0 Å². The summed E-state index contributed by atoms with van der Waals surface area (Å²) in [6, 6.07) is 14.8. The Morgan fingerprint density at radius 2 is 1.67 bits per heavy atom. The molecule has 21 heavy (non-hydrogen) atoms. The molecule has 3 N–H and O–H groups in total. The molecular formula is C15H14ClN3O2. The minimum absolute atomic E-state index is 0.175. The summed E-state index contributed by atoms with van der Waals surface area (Å²) >= 11 is 5.80. The maximum absolute atomic E-state index is 12.0. The number of para-hydroxylation sites is 1. The number of amides is 3. The van der Waals surface area contributed by atoms with Gasteiger partial charge in [0.1, 0.15) is 6.54 Å². The largest absolute Gasteiger partial charge is 0.351 e. The molecule has 0 bridgehead atoms. The van der Waals surface area contributed by atoms with Gasteiger partial charge >= 0.3 is 6.03 Å². The van der Waals surface area contributed by atoms with E-state index in [-0.39, 0.29) is 12.5 Å². The molecule has 0 aliphatic rings. The van der Waals surface area contributed by atoms with E-state index in [2.05, 4.69) is 5.32 Å². The lowest BCUT2D eigenvalue weighted by Gasteiger charge is -2.20. The monoisotopic (exact) mass is 303 g/mol. The van der Waals surface area contributed by atoms with Crippen LogP contribution in [0.3, 0.4) is 0 Å². The van der Waals surface area contributed by atoms with Crippen molar-refractivity contribution in [3.63, 3.8) is 0 Å². The smallest absolute Gasteiger partial charge is 0.319 e. The zero-order chi connectivity index (χ0) is 15.2. The SMILES string of the molecule is NC(=O)N(CC(=O)Nc1ccccc1)c1ccc(Cl)cc1. The van der Waals surface area contributed by atoms with Gasteiger partial charge in [-0.1, -0.05) is 29.8 Å². The highest BCUT2D eigenvalue weighted by molar-refractivity contribution is 6.30. The number of benzene rings is 2. The van der Waals surface area contributed by atoms with Crippen molar-refractivity contribution in [1.29, 1.82) is 0 Å². The lowest BCUT2D eigenvalue weighted by atomic mass is 10.3. The maximum Gasteiger partial charge on any atom is 0.319 e. The minimum atomic E-state index is -0.708. The van der Waals surface area contributed by atoms with Crippen LogP contribution in [0.5, 0.6) is 0 Å². The molecule has 2 aromatic carbocycles. The van der Waals surface area contributed by atoms with Crippen LogP contribution < -0.4 is 16.0 Å². The third-order valence-electron chi connectivity index (χ3n) is 2.76. The Balaban J connectivity index is 2.08. The molecule has 0 atom stereocenters. The number of halogens is 1. The van der Waals surface area contributed by atoms with Crippen molar-refractivity contribution in [1.82, 2.24) is 0 Å². The fraction of sp³-hybridized carbons (Fsp3) is 0.0667. The van der Waals surface area contributed by atoms with Crippen molar-refractivity contribution in [2.75, 3.05) is 16.8 Å². The molecule has 0 spiro atoms. The molecule has 0 fully saturated rings. The molecule has 0 aromatic heterocycles. The standard InChI is InChI=1S/C15H14ClN3O2/c16-11-6-8-13(9-7-11)19(15(17)21)10-14(20)18-12-4-2-1-3-5-12/h1-9H,10H2,(H2,17,21)(H,18,20). The predicted molar refractivity (Wildman–Crippen MR) is 83.5 cm³/mol. The van der Waals surface area contributed by atoms with E-state index in [0.717, 1.165) is 0 Å². The Labute approximate surface area is 127 Å². The van der Waals surface area contributed by atoms with Crippen LogP contribution in [0.15, 0.2) is 54.6 Å². The normalized spacial score (nSPS) is 9.95. The van der Waals surface area contributed by atoms with Gasteiger partial charge in [0.15, 0.2) is 0 Å². The van der Waals surface area contributed by atoms with Crippen LogP contribution in [0.25, 0.3) is 0 Å². The van der Waals surface area contributed by atoms with E-state index in [1.807, 2.05) is 6.07 Å². The van der Waals surface area contributed by atoms with E-state index < -0.39 is 6.03 Å². The number of hydrogen-bond donors (Lipinski definition) is 2. The summed E-state index contributed by atoms with van der Waals surface area (Å²) in [5.74, 6) is -0.338. The van der Waals surface area contributed by atoms with Crippen LogP contribution in [0.4, 0.5) is 16.2 Å². The number of nitrogens with one attached hydrogen (secondary N) is 1. The highest BCUT2D eigenvalue weighted by Crippen LogP contribution is 2.18. The molecule has 5 nitrogen and oxygen atoms in total. The van der Waals surface area contributed by atoms with E-state index in [0.29, 0.717) is 16.4 Å². The molecule has 108 valence electrons. The van der Waals surface area contributed by atoms with Crippen molar-refractivity contribution in [3.05, 3.63) is 59.6 Å². The van der Waals surface area contributed by atoms with Gasteiger partial charge in [-0.3, -0.25) is 9.69 Å². The van der Waals surface area contributed by atoms with Gasteiger partial charge in [-0.05, 0) is 36.4 Å². The van der Waals surface area contributed by atoms with Gasteiger partial charge in [-0.2, -0.15) is 0 Å². The molecule has 6 heteroatoms. The zero-order valence-electron chi connectivity index (χ0n) is 11.1. The van der Waals surface area contributed by atoms with Crippen molar-refractivity contribution in [2.24, 2.45) is 5.73 Å². The van der Waals surface area contributed by atoms with Crippen molar-refractivity contribution in [3.8, 4) is 0 Å². The molecule has 0 unspecified atom stereocenters. The Kier molecular flexibility index (Phi) is 4.79. The van der Waals surface area contributed by atoms with Gasteiger partial charge in [-0.25, -0.2) is 4.79 Å². The molecule has 0 heterocycles. The summed E-state index contributed by atoms with van der Waals surface area (Å²) in [6.07, 6.45) is 0. The summed E-state index contributed by atoms with van der Waals surface area (Å²) in [7, 11) is 0. The quantitative estimate of drug-likeness (QED) is 0.911. The summed E-state index contributed by atoms with van der Waals surface area (Å²) in [5.41, 5.74) is 6.49. The Hall–Kier alpha value is -2.53. The van der Waals surface area contributed by atoms with E-state index in [1.54, 1.807) is 48.5 Å². The molecule has 2 rings (SSSR count). The number of urea groups is 1. The fourth-order valence-corrected chi connectivity index (χ4v) is 1.91. The highest BCUT2D eigenvalue weighted by atomic mass is 35.5. The van der Waals surface area contributed by atoms with Crippen LogP contribution in [0, 0.1) is 0 Å². The van der Waals surface area contributed by atoms with Crippen molar-refractivity contribution < 1.29 is 9.59 Å². The van der Waals surface area contributed by atoms with Crippen molar-refractivity contribution in [2.45, 2.75) is 0 Å². The molecular weight excluding hydrogens is 290 g/mol. The number of hydrogen-bond acceptors (Lipinski definition) is 2. The number of carbonyl (C=O) groups is 2. The lowest BCUT2D eigenvalue weighted by molar-refractivity contribution is -0.114. The number of primary amides is 1. The Morgan fingerprint density at radius 1 is 1.05 bits per heavy atom. The number of carbonyl (C=O) groups excluding carboxylic acids is 2. The third-order valence-corrected chi connectivity index (χ3v) is 3.02. The number of anilines is 2. The molecule has 0 aliphatic heterocycles. The maximum atomic E-state index is 12.0. The average Bonchev–Trinajstić information content (AvgIpc) is 2.47. The fourth-order valence-electron chi connectivity index (χ4n) is 1.78. The highest BCUT2D eigenvalue weighted by Gasteiger charge is 2.16. The van der Waals surface area contributed by atoms with Gasteiger partial charge in [-0.15, -0.1) is 0 Å². The molecule has 0 saturated carbocycles. The van der Waals surface area contributed by atoms with E-state index in [1.165, 1.54) is 4.90 Å². The first-order chi connectivity index (χ1) is 10.1. The first kappa shape index (κ1) is 14.9. The molecule has 0 aliphatic carbocycles. The Bertz CT molecular complexity index is 629. The third kappa shape index (κ3) is 4.22. The second-order valence-electron chi connectivity index (χ2n) is 4.32. The van der Waals surface area contributed by atoms with E-state index in [4.69, 9.17) is 17.3 Å². The van der Waals surface area contributed by atoms with Crippen LogP contribution in [0.2, 0.25) is 5.02 Å². The Morgan fingerprint density at radius 3 is 2.24 bits per heavy atom. The van der Waals surface area contributed by atoms with Crippen LogP contribution in [-0.4, -0.2) is 18.5 Å². The van der Waals surface area contributed by atoms with Gasteiger partial charge < -0.3 is 11.1 Å². The molecule has 2 aromatic rings. The summed E-state index contributed by atoms with van der Waals surface area (Å²) in [5, 5.41) is 3.23. The lowest BCUT2D eigenvalue weighted by Crippen LogP contribution is -2.41. The first-order valence-corrected chi connectivity index (χ1v) is 6.61. The number of nitrogens with two attached hydrogens (primary N) is 1. The molecule has 0 saturated heterocycles. The van der Waals surface area contributed by atoms with Crippen LogP contribution in [-0.2, 0) is 4.79 Å². The summed E-state index contributed by atoms with van der Waals surface area (Å²) in [6.45, 7) is -0.175. The van der Waals surface area contributed by atoms with E-state index >= 15 is 0 Å². The second-order valence-corrected chi connectivity index (χ2v) is 4.75. The molecule has 3 amide bonds. The topological polar surface area (TPSA) is 75.4 Å². The molecule has 0 radical (unpaired) electrons. The van der Waals surface area contributed by atoms with Gasteiger partial charge in [0.25, 0.3) is 0 Å². The minimum Gasteiger partial charge on any atom is -0.351 e. The van der Waals surface area contributed by atoms with Crippen LogP contribution >= 0.6 is 11.6 Å². The van der Waals surface area contributed by atoms with Crippen molar-refractivity contribution >= 4 is 34.9 Å². The second kappa shape index (κ2) is 6.76. The predicted octanol–water partition coefficient (Wildman–Crippen LogP) is 2.86. The summed E-state index contributed by atoms with van der Waals surface area (Å²) < 4.78 is 0. The summed E-state index contributed by atoms with van der Waals surface area (Å²) in [4.78, 5) is 24.7. The number of rotatable bonds is 4. The van der Waals surface area contributed by atoms with E-state index in [9.17, 15) is 9.59 Å².